The lowest BCUT2D eigenvalue weighted by Crippen LogP contribution is -2.37. The van der Waals surface area contributed by atoms with Crippen molar-refractivity contribution in [3.63, 3.8) is 0 Å². The predicted molar refractivity (Wildman–Crippen MR) is 99.4 cm³/mol. The van der Waals surface area contributed by atoms with Crippen molar-refractivity contribution in [1.29, 1.82) is 0 Å². The minimum atomic E-state index is -3.51. The number of carbonyl (C=O) groups is 1. The van der Waals surface area contributed by atoms with Gasteiger partial charge in [0, 0.05) is 12.1 Å². The van der Waals surface area contributed by atoms with Crippen LogP contribution in [0.25, 0.3) is 0 Å². The molecular weight excluding hydrogens is 354 g/mol. The number of hydrogen-bond donors (Lipinski definition) is 2. The van der Waals surface area contributed by atoms with E-state index in [0.717, 1.165) is 18.8 Å². The van der Waals surface area contributed by atoms with Crippen LogP contribution in [0.5, 0.6) is 0 Å². The summed E-state index contributed by atoms with van der Waals surface area (Å²) in [5, 5.41) is 2.90. The zero-order chi connectivity index (χ0) is 19.2. The van der Waals surface area contributed by atoms with Gasteiger partial charge in [-0.25, -0.2) is 13.1 Å². The standard InChI is InChI=1S/C18H25N3O4S/c1-4-21(5-2)16(17-7-6-12-25-17)13-20-18(22)14-8-10-15(11-9-14)26(23,24)19-3/h6-12,16,19H,4-5,13H2,1-3H3,(H,20,22)/t16-/m0/s1. The largest absolute Gasteiger partial charge is 0.468 e. The van der Waals surface area contributed by atoms with Crippen molar-refractivity contribution >= 4 is 15.9 Å². The summed E-state index contributed by atoms with van der Waals surface area (Å²) in [6, 6.07) is 9.48. The van der Waals surface area contributed by atoms with E-state index in [9.17, 15) is 13.2 Å². The SMILES string of the molecule is CCN(CC)[C@@H](CNC(=O)c1ccc(S(=O)(=O)NC)cc1)c1ccco1. The van der Waals surface area contributed by atoms with Gasteiger partial charge in [-0.1, -0.05) is 13.8 Å². The van der Waals surface area contributed by atoms with E-state index < -0.39 is 10.0 Å². The zero-order valence-electron chi connectivity index (χ0n) is 15.2. The molecule has 0 saturated carbocycles. The van der Waals surface area contributed by atoms with Crippen LogP contribution in [0.4, 0.5) is 0 Å². The second-order valence-electron chi connectivity index (χ2n) is 5.69. The molecule has 0 aliphatic heterocycles. The minimum absolute atomic E-state index is 0.0621. The number of likely N-dealkylation sites (N-methyl/N-ethyl adjacent to an activating group) is 1. The van der Waals surface area contributed by atoms with Gasteiger partial charge in [-0.05, 0) is 56.5 Å². The quantitative estimate of drug-likeness (QED) is 0.695. The maximum absolute atomic E-state index is 12.4. The normalized spacial score (nSPS) is 12.9. The number of benzene rings is 1. The Kier molecular flexibility index (Phi) is 6.96. The first-order valence-corrected chi connectivity index (χ1v) is 10.0. The Morgan fingerprint density at radius 2 is 1.81 bits per heavy atom. The van der Waals surface area contributed by atoms with Crippen LogP contribution < -0.4 is 10.0 Å². The fourth-order valence-electron chi connectivity index (χ4n) is 2.75. The van der Waals surface area contributed by atoms with Gasteiger partial charge in [0.2, 0.25) is 10.0 Å². The molecule has 0 spiro atoms. The molecule has 1 heterocycles. The summed E-state index contributed by atoms with van der Waals surface area (Å²) in [4.78, 5) is 14.7. The molecule has 1 aromatic carbocycles. The molecule has 2 N–H and O–H groups in total. The molecule has 0 unspecified atom stereocenters. The molecule has 7 nitrogen and oxygen atoms in total. The van der Waals surface area contributed by atoms with Gasteiger partial charge in [0.15, 0.2) is 0 Å². The van der Waals surface area contributed by atoms with Crippen LogP contribution in [0.3, 0.4) is 0 Å². The van der Waals surface area contributed by atoms with Crippen molar-refractivity contribution in [3.8, 4) is 0 Å². The molecule has 0 radical (unpaired) electrons. The lowest BCUT2D eigenvalue weighted by molar-refractivity contribution is 0.0929. The maximum atomic E-state index is 12.4. The van der Waals surface area contributed by atoms with E-state index in [0.29, 0.717) is 12.1 Å². The molecule has 2 aromatic rings. The number of furan rings is 1. The molecule has 26 heavy (non-hydrogen) atoms. The van der Waals surface area contributed by atoms with E-state index in [2.05, 4.69) is 28.8 Å². The summed E-state index contributed by atoms with van der Waals surface area (Å²) >= 11 is 0. The Hall–Kier alpha value is -2.16. The highest BCUT2D eigenvalue weighted by atomic mass is 32.2. The van der Waals surface area contributed by atoms with E-state index in [1.54, 1.807) is 6.26 Å². The van der Waals surface area contributed by atoms with E-state index in [-0.39, 0.29) is 16.8 Å². The number of rotatable bonds is 9. The molecule has 0 aliphatic rings. The number of nitrogens with zero attached hydrogens (tertiary/aromatic N) is 1. The average Bonchev–Trinajstić information content (AvgIpc) is 3.19. The molecule has 2 rings (SSSR count). The van der Waals surface area contributed by atoms with Gasteiger partial charge in [0.05, 0.1) is 17.2 Å². The van der Waals surface area contributed by atoms with Gasteiger partial charge in [-0.15, -0.1) is 0 Å². The third-order valence-corrected chi connectivity index (χ3v) is 5.71. The number of carbonyl (C=O) groups excluding carboxylic acids is 1. The summed E-state index contributed by atoms with van der Waals surface area (Å²) in [5.74, 6) is 0.534. The van der Waals surface area contributed by atoms with Crippen LogP contribution in [0, 0.1) is 0 Å². The lowest BCUT2D eigenvalue weighted by Gasteiger charge is -2.28. The summed E-state index contributed by atoms with van der Waals surface area (Å²) in [6.45, 7) is 6.16. The van der Waals surface area contributed by atoms with Gasteiger partial charge in [0.1, 0.15) is 5.76 Å². The summed E-state index contributed by atoms with van der Waals surface area (Å²) < 4.78 is 31.2. The van der Waals surface area contributed by atoms with Crippen LogP contribution in [0.1, 0.15) is 36.0 Å². The molecule has 0 saturated heterocycles. The molecule has 0 fully saturated rings. The predicted octanol–water partition coefficient (Wildman–Crippen LogP) is 2.00. The van der Waals surface area contributed by atoms with Gasteiger partial charge >= 0.3 is 0 Å². The summed E-state index contributed by atoms with van der Waals surface area (Å²) in [6.07, 6.45) is 1.62. The van der Waals surface area contributed by atoms with Crippen LogP contribution in [0.15, 0.2) is 52.0 Å². The average molecular weight is 379 g/mol. The Morgan fingerprint density at radius 3 is 2.31 bits per heavy atom. The zero-order valence-corrected chi connectivity index (χ0v) is 16.0. The van der Waals surface area contributed by atoms with E-state index in [1.165, 1.54) is 31.3 Å². The molecule has 142 valence electrons. The summed E-state index contributed by atoms with van der Waals surface area (Å²) in [7, 11) is -2.17. The monoisotopic (exact) mass is 379 g/mol. The fraction of sp³-hybridized carbons (Fsp3) is 0.389. The minimum Gasteiger partial charge on any atom is -0.468 e. The van der Waals surface area contributed by atoms with Crippen LogP contribution >= 0.6 is 0 Å². The lowest BCUT2D eigenvalue weighted by atomic mass is 10.1. The highest BCUT2D eigenvalue weighted by Gasteiger charge is 2.21. The van der Waals surface area contributed by atoms with Crippen molar-refractivity contribution in [2.45, 2.75) is 24.8 Å². The van der Waals surface area contributed by atoms with Crippen molar-refractivity contribution < 1.29 is 17.6 Å². The highest BCUT2D eigenvalue weighted by Crippen LogP contribution is 2.20. The number of amides is 1. The smallest absolute Gasteiger partial charge is 0.251 e. The van der Waals surface area contributed by atoms with Crippen molar-refractivity contribution in [3.05, 3.63) is 54.0 Å². The third-order valence-electron chi connectivity index (χ3n) is 4.28. The first-order chi connectivity index (χ1) is 12.4. The maximum Gasteiger partial charge on any atom is 0.251 e. The van der Waals surface area contributed by atoms with Crippen LogP contribution in [0.2, 0.25) is 0 Å². The number of nitrogens with one attached hydrogen (secondary N) is 2. The molecule has 0 bridgehead atoms. The van der Waals surface area contributed by atoms with E-state index in [1.807, 2.05) is 12.1 Å². The van der Waals surface area contributed by atoms with Crippen molar-refractivity contribution in [1.82, 2.24) is 14.9 Å². The highest BCUT2D eigenvalue weighted by molar-refractivity contribution is 7.89. The van der Waals surface area contributed by atoms with Gasteiger partial charge in [-0.3, -0.25) is 9.69 Å². The first-order valence-electron chi connectivity index (χ1n) is 8.52. The van der Waals surface area contributed by atoms with Crippen LogP contribution in [-0.4, -0.2) is 45.9 Å². The van der Waals surface area contributed by atoms with Crippen molar-refractivity contribution in [2.24, 2.45) is 0 Å². The Bertz CT molecular complexity index is 797. The molecule has 1 amide bonds. The van der Waals surface area contributed by atoms with Gasteiger partial charge < -0.3 is 9.73 Å². The van der Waals surface area contributed by atoms with E-state index in [4.69, 9.17) is 4.42 Å². The number of sulfonamides is 1. The second-order valence-corrected chi connectivity index (χ2v) is 7.58. The van der Waals surface area contributed by atoms with Gasteiger partial charge in [-0.2, -0.15) is 0 Å². The Labute approximate surface area is 154 Å². The topological polar surface area (TPSA) is 91.7 Å². The molecule has 8 heteroatoms. The van der Waals surface area contributed by atoms with Crippen LogP contribution in [-0.2, 0) is 10.0 Å². The first kappa shape index (κ1) is 20.2. The second kappa shape index (κ2) is 8.98. The molecule has 1 aromatic heterocycles. The fourth-order valence-corrected chi connectivity index (χ4v) is 3.48. The molecule has 0 aliphatic carbocycles. The van der Waals surface area contributed by atoms with E-state index >= 15 is 0 Å². The molecular formula is C18H25N3O4S. The van der Waals surface area contributed by atoms with Gasteiger partial charge in [0.25, 0.3) is 5.91 Å². The Morgan fingerprint density at radius 1 is 1.15 bits per heavy atom. The summed E-state index contributed by atoms with van der Waals surface area (Å²) in [5.41, 5.74) is 0.401. The third kappa shape index (κ3) is 4.72. The Balaban J connectivity index is 2.08. The molecule has 1 atom stereocenters. The number of hydrogen-bond acceptors (Lipinski definition) is 5. The van der Waals surface area contributed by atoms with Crippen molar-refractivity contribution in [2.75, 3.05) is 26.7 Å².